The molecule has 0 amide bonds. The lowest BCUT2D eigenvalue weighted by atomic mass is 10.1. The molecule has 0 unspecified atom stereocenters. The minimum absolute atomic E-state index is 0.0845. The van der Waals surface area contributed by atoms with Gasteiger partial charge in [0, 0.05) is 17.8 Å². The fraction of sp³-hybridized carbons (Fsp3) is 0.0714. The van der Waals surface area contributed by atoms with Crippen LogP contribution in [0.4, 0.5) is 13.2 Å². The van der Waals surface area contributed by atoms with Gasteiger partial charge >= 0.3 is 6.18 Å². The zero-order valence-electron chi connectivity index (χ0n) is 10.4. The van der Waals surface area contributed by atoms with E-state index in [0.29, 0.717) is 18.0 Å². The molecule has 0 bridgehead atoms. The average molecular weight is 292 g/mol. The zero-order chi connectivity index (χ0) is 15.5. The van der Waals surface area contributed by atoms with Crippen LogP contribution in [-0.2, 0) is 6.18 Å². The van der Waals surface area contributed by atoms with E-state index in [2.05, 4.69) is 4.98 Å². The van der Waals surface area contributed by atoms with Gasteiger partial charge in [-0.15, -0.1) is 0 Å². The predicted molar refractivity (Wildman–Crippen MR) is 65.9 cm³/mol. The molecular weight excluding hydrogens is 285 g/mol. The largest absolute Gasteiger partial charge is 0.438 e. The molecule has 0 radical (unpaired) electrons. The van der Waals surface area contributed by atoms with Crippen molar-refractivity contribution in [3.63, 3.8) is 0 Å². The van der Waals surface area contributed by atoms with Gasteiger partial charge in [0.05, 0.1) is 11.1 Å². The minimum Gasteiger partial charge on any atom is -0.438 e. The van der Waals surface area contributed by atoms with Crippen molar-refractivity contribution in [2.75, 3.05) is 0 Å². The highest BCUT2D eigenvalue weighted by Gasteiger charge is 2.30. The number of hydrogen-bond donors (Lipinski definition) is 0. The zero-order valence-corrected chi connectivity index (χ0v) is 10.4. The molecule has 7 heteroatoms. The third kappa shape index (κ3) is 3.36. The van der Waals surface area contributed by atoms with Crippen molar-refractivity contribution in [1.82, 2.24) is 4.98 Å². The maximum atomic E-state index is 12.4. The summed E-state index contributed by atoms with van der Waals surface area (Å²) in [5, 5.41) is 8.95. The highest BCUT2D eigenvalue weighted by Crippen LogP contribution is 2.30. The first-order chi connectivity index (χ1) is 9.94. The number of benzene rings is 1. The van der Waals surface area contributed by atoms with Crippen LogP contribution in [0.15, 0.2) is 36.5 Å². The molecule has 0 spiro atoms. The van der Waals surface area contributed by atoms with E-state index in [1.165, 1.54) is 18.2 Å². The lowest BCUT2D eigenvalue weighted by Crippen LogP contribution is -2.05. The number of halogens is 3. The first-order valence-electron chi connectivity index (χ1n) is 5.64. The monoisotopic (exact) mass is 292 g/mol. The SMILES string of the molecule is N#Cc1cc(C=O)ccc1Oc1ccc(C(F)(F)F)cn1. The van der Waals surface area contributed by atoms with Gasteiger partial charge in [-0.05, 0) is 24.3 Å². The molecule has 21 heavy (non-hydrogen) atoms. The normalized spacial score (nSPS) is 10.8. The van der Waals surface area contributed by atoms with Crippen molar-refractivity contribution in [2.45, 2.75) is 6.18 Å². The molecule has 4 nitrogen and oxygen atoms in total. The third-order valence-electron chi connectivity index (χ3n) is 2.54. The molecule has 0 saturated carbocycles. The van der Waals surface area contributed by atoms with E-state index in [9.17, 15) is 18.0 Å². The highest BCUT2D eigenvalue weighted by atomic mass is 19.4. The lowest BCUT2D eigenvalue weighted by molar-refractivity contribution is -0.137. The maximum Gasteiger partial charge on any atom is 0.417 e. The van der Waals surface area contributed by atoms with Gasteiger partial charge in [-0.3, -0.25) is 4.79 Å². The van der Waals surface area contributed by atoms with Gasteiger partial charge in [-0.25, -0.2) is 4.98 Å². The fourth-order valence-electron chi connectivity index (χ4n) is 1.52. The summed E-state index contributed by atoms with van der Waals surface area (Å²) in [6, 6.07) is 7.83. The van der Waals surface area contributed by atoms with Crippen molar-refractivity contribution >= 4 is 6.29 Å². The molecular formula is C14H7F3N2O2. The van der Waals surface area contributed by atoms with Crippen LogP contribution in [0.3, 0.4) is 0 Å². The quantitative estimate of drug-likeness (QED) is 0.811. The number of nitrogens with zero attached hydrogens (tertiary/aromatic N) is 2. The number of pyridine rings is 1. The van der Waals surface area contributed by atoms with Crippen LogP contribution >= 0.6 is 0 Å². The van der Waals surface area contributed by atoms with Gasteiger partial charge in [-0.1, -0.05) is 0 Å². The molecule has 1 aromatic heterocycles. The minimum atomic E-state index is -4.48. The molecule has 0 aliphatic heterocycles. The number of aromatic nitrogens is 1. The fourth-order valence-corrected chi connectivity index (χ4v) is 1.52. The lowest BCUT2D eigenvalue weighted by Gasteiger charge is -2.09. The Morgan fingerprint density at radius 3 is 2.52 bits per heavy atom. The Labute approximate surface area is 117 Å². The summed E-state index contributed by atoms with van der Waals surface area (Å²) in [4.78, 5) is 14.1. The van der Waals surface area contributed by atoms with Gasteiger partial charge in [0.25, 0.3) is 0 Å². The molecule has 0 N–H and O–H groups in total. The number of rotatable bonds is 3. The smallest absolute Gasteiger partial charge is 0.417 e. The Balaban J connectivity index is 2.26. The predicted octanol–water partition coefficient (Wildman–Crippen LogP) is 3.58. The van der Waals surface area contributed by atoms with Crippen LogP contribution < -0.4 is 4.74 Å². The molecule has 106 valence electrons. The van der Waals surface area contributed by atoms with Gasteiger partial charge in [0.1, 0.15) is 18.1 Å². The maximum absolute atomic E-state index is 12.4. The van der Waals surface area contributed by atoms with Gasteiger partial charge in [-0.2, -0.15) is 18.4 Å². The van der Waals surface area contributed by atoms with E-state index < -0.39 is 11.7 Å². The first kappa shape index (κ1) is 14.5. The summed E-state index contributed by atoms with van der Waals surface area (Å²) >= 11 is 0. The van der Waals surface area contributed by atoms with Crippen molar-refractivity contribution in [3.05, 3.63) is 53.2 Å². The van der Waals surface area contributed by atoms with Crippen LogP contribution in [0.2, 0.25) is 0 Å². The topological polar surface area (TPSA) is 63.0 Å². The van der Waals surface area contributed by atoms with Gasteiger partial charge in [0.2, 0.25) is 5.88 Å². The Hall–Kier alpha value is -2.88. The number of carbonyl (C=O) groups excluding carboxylic acids is 1. The molecule has 2 aromatic rings. The second-order valence-corrected chi connectivity index (χ2v) is 3.97. The van der Waals surface area contributed by atoms with Gasteiger partial charge < -0.3 is 4.74 Å². The summed E-state index contributed by atoms with van der Waals surface area (Å²) in [5.41, 5.74) is -0.521. The van der Waals surface area contributed by atoms with Crippen LogP contribution in [-0.4, -0.2) is 11.3 Å². The van der Waals surface area contributed by atoms with Crippen LogP contribution in [0.5, 0.6) is 11.6 Å². The van der Waals surface area contributed by atoms with Gasteiger partial charge in [0.15, 0.2) is 0 Å². The molecule has 2 rings (SSSR count). The third-order valence-corrected chi connectivity index (χ3v) is 2.54. The van der Waals surface area contributed by atoms with Crippen molar-refractivity contribution in [3.8, 4) is 17.7 Å². The molecule has 0 saturated heterocycles. The number of nitriles is 1. The van der Waals surface area contributed by atoms with Crippen molar-refractivity contribution < 1.29 is 22.7 Å². The second-order valence-electron chi connectivity index (χ2n) is 3.97. The summed E-state index contributed by atoms with van der Waals surface area (Å²) in [7, 11) is 0. The van der Waals surface area contributed by atoms with E-state index in [1.54, 1.807) is 0 Å². The van der Waals surface area contributed by atoms with Crippen LogP contribution in [0.25, 0.3) is 0 Å². The number of ether oxygens (including phenoxy) is 1. The molecule has 1 aromatic carbocycles. The number of carbonyl (C=O) groups is 1. The first-order valence-corrected chi connectivity index (χ1v) is 5.64. The average Bonchev–Trinajstić information content (AvgIpc) is 2.47. The molecule has 1 heterocycles. The summed E-state index contributed by atoms with van der Waals surface area (Å²) < 4.78 is 42.4. The standard InChI is InChI=1S/C14H7F3N2O2/c15-14(16,17)11-2-4-13(19-7-11)21-12-3-1-9(8-20)5-10(12)6-18/h1-5,7-8H. The Morgan fingerprint density at radius 2 is 2.00 bits per heavy atom. The van der Waals surface area contributed by atoms with Crippen LogP contribution in [0.1, 0.15) is 21.5 Å². The van der Waals surface area contributed by atoms with E-state index >= 15 is 0 Å². The number of hydrogen-bond acceptors (Lipinski definition) is 4. The second kappa shape index (κ2) is 5.63. The van der Waals surface area contributed by atoms with E-state index in [0.717, 1.165) is 12.1 Å². The summed E-state index contributed by atoms with van der Waals surface area (Å²) in [5.74, 6) is 0.0220. The summed E-state index contributed by atoms with van der Waals surface area (Å²) in [6.07, 6.45) is -3.27. The van der Waals surface area contributed by atoms with E-state index in [4.69, 9.17) is 10.00 Å². The van der Waals surface area contributed by atoms with E-state index in [-0.39, 0.29) is 17.2 Å². The summed E-state index contributed by atoms with van der Waals surface area (Å²) in [6.45, 7) is 0. The van der Waals surface area contributed by atoms with Crippen molar-refractivity contribution in [2.24, 2.45) is 0 Å². The molecule has 0 aliphatic rings. The molecule has 0 atom stereocenters. The van der Waals surface area contributed by atoms with Crippen LogP contribution in [0, 0.1) is 11.3 Å². The van der Waals surface area contributed by atoms with Crippen molar-refractivity contribution in [1.29, 1.82) is 5.26 Å². The molecule has 0 aliphatic carbocycles. The Morgan fingerprint density at radius 1 is 1.24 bits per heavy atom. The van der Waals surface area contributed by atoms with E-state index in [1.807, 2.05) is 6.07 Å². The Kier molecular flexibility index (Phi) is 3.89. The number of alkyl halides is 3. The number of aldehydes is 1. The highest BCUT2D eigenvalue weighted by molar-refractivity contribution is 5.76. The molecule has 0 fully saturated rings. The Bertz CT molecular complexity index is 704.